The maximum atomic E-state index is 13.5. The van der Waals surface area contributed by atoms with E-state index in [1.807, 2.05) is 24.3 Å². The van der Waals surface area contributed by atoms with E-state index in [4.69, 9.17) is 5.26 Å². The Labute approximate surface area is 204 Å². The standard InChI is InChI=1S/C26H26N4O4S/c1-19(31)29-12-14-30(15-13-29)26(32)25(16-20-6-8-21(18-27)9-7-20)28-35(33,34)24-11-10-22-4-2-3-5-23(22)17-24/h2-11,17,25,28H,12-16H2,1H3/t25-/m0/s1. The summed E-state index contributed by atoms with van der Waals surface area (Å²) in [5.74, 6) is -0.398. The quantitative estimate of drug-likeness (QED) is 0.570. The van der Waals surface area contributed by atoms with Gasteiger partial charge in [0.05, 0.1) is 16.5 Å². The fourth-order valence-corrected chi connectivity index (χ4v) is 5.41. The van der Waals surface area contributed by atoms with Crippen LogP contribution in [0.1, 0.15) is 18.1 Å². The third-order valence-corrected chi connectivity index (χ3v) is 7.66. The normalized spacial score (nSPS) is 15.0. The average molecular weight is 491 g/mol. The van der Waals surface area contributed by atoms with Gasteiger partial charge in [0.25, 0.3) is 0 Å². The van der Waals surface area contributed by atoms with Crippen molar-refractivity contribution in [2.24, 2.45) is 0 Å². The number of nitrogens with one attached hydrogen (secondary N) is 1. The lowest BCUT2D eigenvalue weighted by atomic mass is 10.0. The summed E-state index contributed by atoms with van der Waals surface area (Å²) in [6, 6.07) is 20.0. The largest absolute Gasteiger partial charge is 0.339 e. The third kappa shape index (κ3) is 5.67. The molecule has 180 valence electrons. The Bertz CT molecular complexity index is 1390. The molecule has 0 saturated carbocycles. The van der Waals surface area contributed by atoms with E-state index in [1.165, 1.54) is 13.0 Å². The Morgan fingerprint density at radius 3 is 2.20 bits per heavy atom. The molecule has 0 radical (unpaired) electrons. The number of carbonyl (C=O) groups excluding carboxylic acids is 2. The number of amides is 2. The molecule has 2 amide bonds. The van der Waals surface area contributed by atoms with Crippen LogP contribution in [0.3, 0.4) is 0 Å². The predicted molar refractivity (Wildman–Crippen MR) is 132 cm³/mol. The Kier molecular flexibility index (Phi) is 7.15. The molecular formula is C26H26N4O4S. The molecule has 0 aliphatic carbocycles. The van der Waals surface area contributed by atoms with Gasteiger partial charge in [0.15, 0.2) is 0 Å². The zero-order valence-electron chi connectivity index (χ0n) is 19.3. The molecule has 1 aliphatic rings. The molecule has 1 atom stereocenters. The number of hydrogen-bond acceptors (Lipinski definition) is 5. The van der Waals surface area contributed by atoms with Crippen molar-refractivity contribution in [2.75, 3.05) is 26.2 Å². The molecule has 0 unspecified atom stereocenters. The molecular weight excluding hydrogens is 464 g/mol. The van der Waals surface area contributed by atoms with Crippen LogP contribution in [0.25, 0.3) is 10.8 Å². The van der Waals surface area contributed by atoms with E-state index < -0.39 is 16.1 Å². The minimum atomic E-state index is -4.01. The summed E-state index contributed by atoms with van der Waals surface area (Å²) >= 11 is 0. The maximum Gasteiger partial charge on any atom is 0.241 e. The van der Waals surface area contributed by atoms with E-state index in [9.17, 15) is 18.0 Å². The Morgan fingerprint density at radius 1 is 0.943 bits per heavy atom. The minimum absolute atomic E-state index is 0.0526. The molecule has 8 nitrogen and oxygen atoms in total. The van der Waals surface area contributed by atoms with Crippen molar-refractivity contribution in [1.82, 2.24) is 14.5 Å². The van der Waals surface area contributed by atoms with E-state index in [0.29, 0.717) is 31.7 Å². The number of carbonyl (C=O) groups is 2. The van der Waals surface area contributed by atoms with Crippen molar-refractivity contribution in [3.63, 3.8) is 0 Å². The zero-order chi connectivity index (χ0) is 25.0. The highest BCUT2D eigenvalue weighted by Gasteiger charge is 2.32. The summed E-state index contributed by atoms with van der Waals surface area (Å²) in [5, 5.41) is 10.8. The van der Waals surface area contributed by atoms with Gasteiger partial charge in [0.1, 0.15) is 6.04 Å². The molecule has 4 rings (SSSR count). The smallest absolute Gasteiger partial charge is 0.241 e. The Morgan fingerprint density at radius 2 is 1.57 bits per heavy atom. The molecule has 1 saturated heterocycles. The molecule has 1 aliphatic heterocycles. The van der Waals surface area contributed by atoms with Crippen molar-refractivity contribution in [1.29, 1.82) is 5.26 Å². The summed E-state index contributed by atoms with van der Waals surface area (Å²) in [6.45, 7) is 2.97. The predicted octanol–water partition coefficient (Wildman–Crippen LogP) is 2.29. The van der Waals surface area contributed by atoms with Gasteiger partial charge in [-0.2, -0.15) is 9.98 Å². The number of hydrogen-bond donors (Lipinski definition) is 1. The number of piperazine rings is 1. The molecule has 1 heterocycles. The number of fused-ring (bicyclic) bond motifs is 1. The topological polar surface area (TPSA) is 111 Å². The molecule has 35 heavy (non-hydrogen) atoms. The molecule has 9 heteroatoms. The van der Waals surface area contributed by atoms with Crippen LogP contribution >= 0.6 is 0 Å². The average Bonchev–Trinajstić information content (AvgIpc) is 2.88. The number of sulfonamides is 1. The highest BCUT2D eigenvalue weighted by Crippen LogP contribution is 2.20. The van der Waals surface area contributed by atoms with Crippen LogP contribution in [0.15, 0.2) is 71.6 Å². The summed E-state index contributed by atoms with van der Waals surface area (Å²) in [6.07, 6.45) is 0.129. The fraction of sp³-hybridized carbons (Fsp3) is 0.269. The van der Waals surface area contributed by atoms with Crippen molar-refractivity contribution >= 4 is 32.6 Å². The van der Waals surface area contributed by atoms with E-state index >= 15 is 0 Å². The highest BCUT2D eigenvalue weighted by atomic mass is 32.2. The monoisotopic (exact) mass is 490 g/mol. The van der Waals surface area contributed by atoms with Crippen molar-refractivity contribution in [3.05, 3.63) is 77.9 Å². The van der Waals surface area contributed by atoms with Crippen molar-refractivity contribution in [2.45, 2.75) is 24.3 Å². The summed E-state index contributed by atoms with van der Waals surface area (Å²) in [7, 11) is -4.01. The molecule has 0 aromatic heterocycles. The number of rotatable bonds is 6. The number of benzene rings is 3. The van der Waals surface area contributed by atoms with E-state index in [1.54, 1.807) is 46.2 Å². The first-order valence-electron chi connectivity index (χ1n) is 11.3. The fourth-order valence-electron chi connectivity index (χ4n) is 4.18. The van der Waals surface area contributed by atoms with Crippen LogP contribution in [0.5, 0.6) is 0 Å². The van der Waals surface area contributed by atoms with Crippen LogP contribution in [-0.4, -0.2) is 62.3 Å². The maximum absolute atomic E-state index is 13.5. The summed E-state index contributed by atoms with van der Waals surface area (Å²) in [5.41, 5.74) is 1.21. The van der Waals surface area contributed by atoms with Gasteiger partial charge in [-0.25, -0.2) is 8.42 Å². The minimum Gasteiger partial charge on any atom is -0.339 e. The van der Waals surface area contributed by atoms with Gasteiger partial charge >= 0.3 is 0 Å². The highest BCUT2D eigenvalue weighted by molar-refractivity contribution is 7.89. The Balaban J connectivity index is 1.60. The van der Waals surface area contributed by atoms with E-state index in [-0.39, 0.29) is 23.1 Å². The van der Waals surface area contributed by atoms with Crippen molar-refractivity contribution < 1.29 is 18.0 Å². The van der Waals surface area contributed by atoms with Gasteiger partial charge in [0, 0.05) is 33.1 Å². The van der Waals surface area contributed by atoms with Gasteiger partial charge in [-0.05, 0) is 47.0 Å². The third-order valence-electron chi connectivity index (χ3n) is 6.19. The van der Waals surface area contributed by atoms with Gasteiger partial charge in [-0.3, -0.25) is 9.59 Å². The van der Waals surface area contributed by atoms with Crippen LogP contribution in [0, 0.1) is 11.3 Å². The lowest BCUT2D eigenvalue weighted by molar-refractivity contribution is -0.139. The number of nitrogens with zero attached hydrogens (tertiary/aromatic N) is 3. The van der Waals surface area contributed by atoms with Gasteiger partial charge in [-0.1, -0.05) is 42.5 Å². The lowest BCUT2D eigenvalue weighted by Crippen LogP contribution is -2.56. The van der Waals surface area contributed by atoms with Crippen LogP contribution in [0.4, 0.5) is 0 Å². The second kappa shape index (κ2) is 10.3. The molecule has 3 aromatic carbocycles. The second-order valence-electron chi connectivity index (χ2n) is 8.53. The SMILES string of the molecule is CC(=O)N1CCN(C(=O)[C@H](Cc2ccc(C#N)cc2)NS(=O)(=O)c2ccc3ccccc3c2)CC1. The van der Waals surface area contributed by atoms with Gasteiger partial charge in [-0.15, -0.1) is 0 Å². The zero-order valence-corrected chi connectivity index (χ0v) is 20.2. The molecule has 0 bridgehead atoms. The van der Waals surface area contributed by atoms with Crippen LogP contribution < -0.4 is 4.72 Å². The second-order valence-corrected chi connectivity index (χ2v) is 10.2. The number of nitriles is 1. The molecule has 0 spiro atoms. The first-order valence-corrected chi connectivity index (χ1v) is 12.8. The van der Waals surface area contributed by atoms with E-state index in [0.717, 1.165) is 16.3 Å². The first-order chi connectivity index (χ1) is 16.8. The van der Waals surface area contributed by atoms with E-state index in [2.05, 4.69) is 10.8 Å². The summed E-state index contributed by atoms with van der Waals surface area (Å²) < 4.78 is 29.3. The molecule has 1 N–H and O–H groups in total. The molecule has 3 aromatic rings. The van der Waals surface area contributed by atoms with Crippen LogP contribution in [0.2, 0.25) is 0 Å². The first kappa shape index (κ1) is 24.4. The van der Waals surface area contributed by atoms with Crippen molar-refractivity contribution in [3.8, 4) is 6.07 Å². The lowest BCUT2D eigenvalue weighted by Gasteiger charge is -2.36. The Hall–Kier alpha value is -3.74. The van der Waals surface area contributed by atoms with Crippen LogP contribution in [-0.2, 0) is 26.0 Å². The molecule has 1 fully saturated rings. The summed E-state index contributed by atoms with van der Waals surface area (Å²) in [4.78, 5) is 28.5. The van der Waals surface area contributed by atoms with Gasteiger partial charge in [0.2, 0.25) is 21.8 Å². The van der Waals surface area contributed by atoms with Gasteiger partial charge < -0.3 is 9.80 Å².